The highest BCUT2D eigenvalue weighted by atomic mass is 16.4. The molecule has 0 aromatic rings. The summed E-state index contributed by atoms with van der Waals surface area (Å²) in [4.78, 5) is 22.6. The van der Waals surface area contributed by atoms with E-state index >= 15 is 0 Å². The number of carbonyl (C=O) groups is 2. The number of rotatable bonds is 3. The Bertz CT molecular complexity index is 281. The minimum atomic E-state index is -1.13. The van der Waals surface area contributed by atoms with Crippen LogP contribution in [0.25, 0.3) is 0 Å². The molecule has 5 heteroatoms. The topological polar surface area (TPSA) is 92.4 Å². The van der Waals surface area contributed by atoms with E-state index in [9.17, 15) is 9.59 Å². The molecule has 0 aromatic heterocycles. The van der Waals surface area contributed by atoms with Gasteiger partial charge in [0.1, 0.15) is 5.54 Å². The summed E-state index contributed by atoms with van der Waals surface area (Å²) in [6.07, 6.45) is 1.86. The average Bonchev–Trinajstić information content (AvgIpc) is 2.17. The van der Waals surface area contributed by atoms with E-state index in [-0.39, 0.29) is 17.9 Å². The predicted octanol–water partition coefficient (Wildman–Crippen LogP) is 0.483. The summed E-state index contributed by atoms with van der Waals surface area (Å²) < 4.78 is 0. The molecule has 0 aliphatic heterocycles. The number of carboxylic acids is 1. The lowest BCUT2D eigenvalue weighted by molar-refractivity contribution is -0.146. The molecule has 1 fully saturated rings. The third-order valence-corrected chi connectivity index (χ3v) is 3.11. The number of amides is 1. The first-order valence-electron chi connectivity index (χ1n) is 5.68. The van der Waals surface area contributed by atoms with Gasteiger partial charge in [-0.05, 0) is 39.5 Å². The third kappa shape index (κ3) is 2.95. The van der Waals surface area contributed by atoms with Crippen molar-refractivity contribution in [1.29, 1.82) is 0 Å². The van der Waals surface area contributed by atoms with Crippen LogP contribution in [0.3, 0.4) is 0 Å². The van der Waals surface area contributed by atoms with Crippen molar-refractivity contribution < 1.29 is 14.7 Å². The standard InChI is InChI=1S/C11H20N2O3/c1-7(2)13-9(14)8-3-5-11(12,6-4-8)10(15)16/h7-8H,3-6,12H2,1-2H3,(H,13,14)(H,15,16). The number of carboxylic acid groups (broad SMARTS) is 1. The molecule has 16 heavy (non-hydrogen) atoms. The second-order valence-electron chi connectivity index (χ2n) is 4.90. The highest BCUT2D eigenvalue weighted by Gasteiger charge is 2.40. The number of nitrogens with two attached hydrogens (primary N) is 1. The number of hydrogen-bond acceptors (Lipinski definition) is 3. The van der Waals surface area contributed by atoms with Crippen molar-refractivity contribution in [1.82, 2.24) is 5.32 Å². The Morgan fingerprint density at radius 3 is 2.25 bits per heavy atom. The zero-order valence-corrected chi connectivity index (χ0v) is 9.82. The summed E-state index contributed by atoms with van der Waals surface area (Å²) >= 11 is 0. The number of hydrogen-bond donors (Lipinski definition) is 3. The van der Waals surface area contributed by atoms with E-state index in [1.807, 2.05) is 13.8 Å². The Hall–Kier alpha value is -1.10. The van der Waals surface area contributed by atoms with Gasteiger partial charge in [-0.3, -0.25) is 9.59 Å². The van der Waals surface area contributed by atoms with Gasteiger partial charge in [0.05, 0.1) is 0 Å². The Morgan fingerprint density at radius 1 is 1.38 bits per heavy atom. The summed E-state index contributed by atoms with van der Waals surface area (Å²) in [6, 6.07) is 0.122. The van der Waals surface area contributed by atoms with Gasteiger partial charge in [0.25, 0.3) is 0 Å². The molecule has 1 amide bonds. The van der Waals surface area contributed by atoms with E-state index in [1.165, 1.54) is 0 Å². The Balaban J connectivity index is 2.49. The molecule has 5 nitrogen and oxygen atoms in total. The van der Waals surface area contributed by atoms with Crippen molar-refractivity contribution in [2.75, 3.05) is 0 Å². The van der Waals surface area contributed by atoms with Gasteiger partial charge < -0.3 is 16.2 Å². The zero-order chi connectivity index (χ0) is 12.3. The summed E-state index contributed by atoms with van der Waals surface area (Å²) in [5.41, 5.74) is 4.60. The van der Waals surface area contributed by atoms with E-state index < -0.39 is 11.5 Å². The van der Waals surface area contributed by atoms with Crippen LogP contribution in [0.1, 0.15) is 39.5 Å². The maximum atomic E-state index is 11.7. The van der Waals surface area contributed by atoms with Crippen LogP contribution < -0.4 is 11.1 Å². The maximum Gasteiger partial charge on any atom is 0.323 e. The molecule has 0 unspecified atom stereocenters. The first-order chi connectivity index (χ1) is 7.35. The fourth-order valence-electron chi connectivity index (χ4n) is 2.01. The molecule has 1 aliphatic carbocycles. The van der Waals surface area contributed by atoms with E-state index in [1.54, 1.807) is 0 Å². The molecule has 0 saturated heterocycles. The van der Waals surface area contributed by atoms with E-state index in [4.69, 9.17) is 10.8 Å². The van der Waals surface area contributed by atoms with Crippen molar-refractivity contribution in [2.24, 2.45) is 11.7 Å². The molecular weight excluding hydrogens is 208 g/mol. The second kappa shape index (κ2) is 4.82. The lowest BCUT2D eigenvalue weighted by Crippen LogP contribution is -2.52. The van der Waals surface area contributed by atoms with Gasteiger partial charge in [-0.2, -0.15) is 0 Å². The third-order valence-electron chi connectivity index (χ3n) is 3.11. The van der Waals surface area contributed by atoms with Gasteiger partial charge in [0, 0.05) is 12.0 Å². The normalized spacial score (nSPS) is 30.1. The van der Waals surface area contributed by atoms with E-state index in [2.05, 4.69) is 5.32 Å². The minimum Gasteiger partial charge on any atom is -0.480 e. The molecule has 4 N–H and O–H groups in total. The molecule has 0 heterocycles. The molecular formula is C11H20N2O3. The van der Waals surface area contributed by atoms with Crippen molar-refractivity contribution >= 4 is 11.9 Å². The zero-order valence-electron chi connectivity index (χ0n) is 9.82. The predicted molar refractivity (Wildman–Crippen MR) is 59.8 cm³/mol. The fraction of sp³-hybridized carbons (Fsp3) is 0.818. The monoisotopic (exact) mass is 228 g/mol. The average molecular weight is 228 g/mol. The van der Waals surface area contributed by atoms with Crippen LogP contribution in [0, 0.1) is 5.92 Å². The van der Waals surface area contributed by atoms with Crippen molar-refractivity contribution in [3.8, 4) is 0 Å². The van der Waals surface area contributed by atoms with Gasteiger partial charge in [-0.15, -0.1) is 0 Å². The molecule has 0 radical (unpaired) electrons. The van der Waals surface area contributed by atoms with Crippen LogP contribution in [0.4, 0.5) is 0 Å². The minimum absolute atomic E-state index is 0.0161. The van der Waals surface area contributed by atoms with Crippen molar-refractivity contribution in [3.05, 3.63) is 0 Å². The first kappa shape index (κ1) is 13.0. The number of carbonyl (C=O) groups excluding carboxylic acids is 1. The van der Waals surface area contributed by atoms with Gasteiger partial charge in [-0.25, -0.2) is 0 Å². The van der Waals surface area contributed by atoms with E-state index in [0.717, 1.165) is 0 Å². The molecule has 1 rings (SSSR count). The molecule has 0 bridgehead atoms. The molecule has 0 spiro atoms. The van der Waals surface area contributed by atoms with Crippen LogP contribution in [0.5, 0.6) is 0 Å². The highest BCUT2D eigenvalue weighted by Crippen LogP contribution is 2.30. The maximum absolute atomic E-state index is 11.7. The van der Waals surface area contributed by atoms with Gasteiger partial charge in [0.15, 0.2) is 0 Å². The summed E-state index contributed by atoms with van der Waals surface area (Å²) in [6.45, 7) is 3.82. The second-order valence-corrected chi connectivity index (χ2v) is 4.90. The van der Waals surface area contributed by atoms with Crippen LogP contribution in [-0.4, -0.2) is 28.6 Å². The van der Waals surface area contributed by atoms with Crippen molar-refractivity contribution in [3.63, 3.8) is 0 Å². The Morgan fingerprint density at radius 2 is 1.88 bits per heavy atom. The van der Waals surface area contributed by atoms with Gasteiger partial charge >= 0.3 is 5.97 Å². The quantitative estimate of drug-likeness (QED) is 0.655. The molecule has 0 atom stereocenters. The largest absolute Gasteiger partial charge is 0.480 e. The Kier molecular flexibility index (Phi) is 3.91. The number of nitrogens with one attached hydrogen (secondary N) is 1. The first-order valence-corrected chi connectivity index (χ1v) is 5.68. The van der Waals surface area contributed by atoms with Crippen LogP contribution >= 0.6 is 0 Å². The fourth-order valence-corrected chi connectivity index (χ4v) is 2.01. The summed E-state index contributed by atoms with van der Waals surface area (Å²) in [5, 5.41) is 11.8. The smallest absolute Gasteiger partial charge is 0.323 e. The van der Waals surface area contributed by atoms with E-state index in [0.29, 0.717) is 25.7 Å². The van der Waals surface area contributed by atoms with Gasteiger partial charge in [0.2, 0.25) is 5.91 Å². The molecule has 1 aliphatic rings. The lowest BCUT2D eigenvalue weighted by atomic mass is 9.77. The van der Waals surface area contributed by atoms with Crippen LogP contribution in [0.2, 0.25) is 0 Å². The molecule has 92 valence electrons. The number of aliphatic carboxylic acids is 1. The summed E-state index contributed by atoms with van der Waals surface area (Å²) in [7, 11) is 0. The van der Waals surface area contributed by atoms with Crippen molar-refractivity contribution in [2.45, 2.75) is 51.1 Å². The Labute approximate surface area is 95.4 Å². The van der Waals surface area contributed by atoms with Crippen LogP contribution in [0.15, 0.2) is 0 Å². The van der Waals surface area contributed by atoms with Crippen LogP contribution in [-0.2, 0) is 9.59 Å². The van der Waals surface area contributed by atoms with Gasteiger partial charge in [-0.1, -0.05) is 0 Å². The highest BCUT2D eigenvalue weighted by molar-refractivity contribution is 5.81. The lowest BCUT2D eigenvalue weighted by Gasteiger charge is -2.33. The molecule has 1 saturated carbocycles. The summed E-state index contributed by atoms with van der Waals surface area (Å²) in [5.74, 6) is -1.03. The molecule has 0 aromatic carbocycles. The SMILES string of the molecule is CC(C)NC(=O)C1CCC(N)(C(=O)O)CC1.